The molecule has 0 bridgehead atoms. The summed E-state index contributed by atoms with van der Waals surface area (Å²) in [6.07, 6.45) is -0.192. The molecule has 0 aliphatic carbocycles. The van der Waals surface area contributed by atoms with Crippen molar-refractivity contribution in [1.29, 1.82) is 0 Å². The molecule has 0 aliphatic heterocycles. The zero-order valence-corrected chi connectivity index (χ0v) is 10.6. The van der Waals surface area contributed by atoms with E-state index in [2.05, 4.69) is 32.5 Å². The number of halogens is 3. The molecule has 5 heteroatoms. The summed E-state index contributed by atoms with van der Waals surface area (Å²) < 4.78 is 31.5. The number of hydrogen-bond acceptors (Lipinski definition) is 2. The van der Waals surface area contributed by atoms with E-state index in [9.17, 15) is 13.6 Å². The summed E-state index contributed by atoms with van der Waals surface area (Å²) in [5.74, 6) is 2.59. The first-order valence-electron chi connectivity index (χ1n) is 4.83. The van der Waals surface area contributed by atoms with Gasteiger partial charge in [0.2, 0.25) is 0 Å². The third-order valence-electron chi connectivity index (χ3n) is 1.76. The minimum atomic E-state index is -0.770. The molecular formula is C12H9BrF2O2. The van der Waals surface area contributed by atoms with Gasteiger partial charge < -0.3 is 4.74 Å². The van der Waals surface area contributed by atoms with Gasteiger partial charge >= 0.3 is 5.97 Å². The first-order valence-corrected chi connectivity index (χ1v) is 5.63. The molecular weight excluding hydrogens is 294 g/mol. The van der Waals surface area contributed by atoms with Crippen LogP contribution in [0.15, 0.2) is 16.6 Å². The van der Waals surface area contributed by atoms with Gasteiger partial charge in [-0.3, -0.25) is 4.79 Å². The van der Waals surface area contributed by atoms with Gasteiger partial charge in [-0.15, -0.1) is 0 Å². The van der Waals surface area contributed by atoms with Gasteiger partial charge in [-0.25, -0.2) is 8.78 Å². The third-order valence-corrected chi connectivity index (χ3v) is 2.22. The van der Waals surface area contributed by atoms with Gasteiger partial charge in [0.05, 0.1) is 12.2 Å². The lowest BCUT2D eigenvalue weighted by molar-refractivity contribution is -0.141. The summed E-state index contributed by atoms with van der Waals surface area (Å²) in [6, 6.07) is 2.22. The van der Waals surface area contributed by atoms with Crippen LogP contribution >= 0.6 is 15.9 Å². The summed E-state index contributed by atoms with van der Waals surface area (Å²) in [7, 11) is 0. The number of benzene rings is 1. The van der Waals surface area contributed by atoms with Crippen LogP contribution < -0.4 is 0 Å². The fraction of sp³-hybridized carbons (Fsp3) is 0.250. The van der Waals surface area contributed by atoms with Crippen molar-refractivity contribution in [2.24, 2.45) is 0 Å². The van der Waals surface area contributed by atoms with Crippen LogP contribution in [0.2, 0.25) is 0 Å². The van der Waals surface area contributed by atoms with E-state index < -0.39 is 17.6 Å². The molecule has 0 spiro atoms. The number of rotatable bonds is 2. The van der Waals surface area contributed by atoms with E-state index in [0.717, 1.165) is 12.1 Å². The zero-order chi connectivity index (χ0) is 12.8. The molecule has 0 radical (unpaired) electrons. The number of ether oxygens (including phenoxy) is 1. The van der Waals surface area contributed by atoms with Crippen LogP contribution in [0, 0.1) is 23.5 Å². The van der Waals surface area contributed by atoms with Crippen LogP contribution in [0.25, 0.3) is 0 Å². The van der Waals surface area contributed by atoms with Crippen LogP contribution in [-0.4, -0.2) is 12.6 Å². The molecule has 0 amide bonds. The van der Waals surface area contributed by atoms with E-state index >= 15 is 0 Å². The van der Waals surface area contributed by atoms with Crippen LogP contribution in [-0.2, 0) is 9.53 Å². The smallest absolute Gasteiger partial charge is 0.317 e. The van der Waals surface area contributed by atoms with E-state index in [1.165, 1.54) is 0 Å². The van der Waals surface area contributed by atoms with Gasteiger partial charge in [0.1, 0.15) is 18.1 Å². The molecule has 0 unspecified atom stereocenters. The third kappa shape index (κ3) is 4.16. The topological polar surface area (TPSA) is 26.3 Å². The number of esters is 1. The van der Waals surface area contributed by atoms with Crippen LogP contribution in [0.4, 0.5) is 8.78 Å². The minimum Gasteiger partial charge on any atom is -0.465 e. The Bertz CT molecular complexity index is 466. The highest BCUT2D eigenvalue weighted by molar-refractivity contribution is 9.10. The van der Waals surface area contributed by atoms with Gasteiger partial charge in [0.25, 0.3) is 0 Å². The molecule has 2 nitrogen and oxygen atoms in total. The fourth-order valence-corrected chi connectivity index (χ4v) is 1.48. The zero-order valence-electron chi connectivity index (χ0n) is 9.02. The van der Waals surface area contributed by atoms with Gasteiger partial charge in [0, 0.05) is 4.47 Å². The molecule has 0 aromatic heterocycles. The van der Waals surface area contributed by atoms with E-state index in [1.807, 2.05) is 0 Å². The Labute approximate surface area is 106 Å². The minimum absolute atomic E-state index is 0.192. The van der Waals surface area contributed by atoms with Crippen molar-refractivity contribution in [2.75, 3.05) is 6.61 Å². The van der Waals surface area contributed by atoms with E-state index in [4.69, 9.17) is 0 Å². The van der Waals surface area contributed by atoms with Crippen molar-refractivity contribution in [2.45, 2.75) is 13.3 Å². The molecule has 0 atom stereocenters. The summed E-state index contributed by atoms with van der Waals surface area (Å²) >= 11 is 2.96. The Kier molecular flexibility index (Phi) is 5.11. The summed E-state index contributed by atoms with van der Waals surface area (Å²) in [5.41, 5.74) is -0.350. The maximum absolute atomic E-state index is 13.3. The Balaban J connectivity index is 2.82. The monoisotopic (exact) mass is 302 g/mol. The number of hydrogen-bond donors (Lipinski definition) is 0. The molecule has 0 saturated carbocycles. The molecule has 0 fully saturated rings. The van der Waals surface area contributed by atoms with Gasteiger partial charge in [-0.05, 0) is 19.1 Å². The Hall–Kier alpha value is -1.41. The lowest BCUT2D eigenvalue weighted by Gasteiger charge is -1.98. The highest BCUT2D eigenvalue weighted by atomic mass is 79.9. The first kappa shape index (κ1) is 13.7. The maximum Gasteiger partial charge on any atom is 0.317 e. The lowest BCUT2D eigenvalue weighted by Crippen LogP contribution is -2.01. The molecule has 1 aromatic carbocycles. The van der Waals surface area contributed by atoms with Crippen LogP contribution in [0.1, 0.15) is 18.9 Å². The lowest BCUT2D eigenvalue weighted by atomic mass is 10.2. The standard InChI is InChI=1S/C12H9BrF2O2/c1-2-17-12(16)5-3-4-9-10(14)6-8(13)7-11(9)15/h6-7H,2,5H2,1H3. The molecule has 90 valence electrons. The van der Waals surface area contributed by atoms with Gasteiger partial charge in [-0.2, -0.15) is 0 Å². The van der Waals surface area contributed by atoms with Crippen molar-refractivity contribution in [1.82, 2.24) is 0 Å². The van der Waals surface area contributed by atoms with Crippen LogP contribution in [0.3, 0.4) is 0 Å². The Morgan fingerprint density at radius 3 is 2.53 bits per heavy atom. The van der Waals surface area contributed by atoms with Crippen molar-refractivity contribution in [3.8, 4) is 11.8 Å². The van der Waals surface area contributed by atoms with Crippen molar-refractivity contribution in [3.05, 3.63) is 33.8 Å². The van der Waals surface area contributed by atoms with Gasteiger partial charge in [-0.1, -0.05) is 27.8 Å². The Morgan fingerprint density at radius 1 is 1.41 bits per heavy atom. The first-order chi connectivity index (χ1) is 8.04. The highest BCUT2D eigenvalue weighted by Gasteiger charge is 2.07. The summed E-state index contributed by atoms with van der Waals surface area (Å²) in [5, 5.41) is 0. The largest absolute Gasteiger partial charge is 0.465 e. The molecule has 17 heavy (non-hydrogen) atoms. The normalized spacial score (nSPS) is 9.41. The molecule has 1 aromatic rings. The molecule has 0 N–H and O–H groups in total. The molecule has 0 saturated heterocycles. The molecule has 1 rings (SSSR count). The van der Waals surface area contributed by atoms with Crippen molar-refractivity contribution < 1.29 is 18.3 Å². The average Bonchev–Trinajstić information content (AvgIpc) is 2.22. The van der Waals surface area contributed by atoms with E-state index in [0.29, 0.717) is 4.47 Å². The van der Waals surface area contributed by atoms with E-state index in [1.54, 1.807) is 6.92 Å². The van der Waals surface area contributed by atoms with Crippen molar-refractivity contribution in [3.63, 3.8) is 0 Å². The predicted molar refractivity (Wildman–Crippen MR) is 62.2 cm³/mol. The maximum atomic E-state index is 13.3. The molecule has 0 heterocycles. The summed E-state index contributed by atoms with van der Waals surface area (Å²) in [4.78, 5) is 10.9. The quantitative estimate of drug-likeness (QED) is 0.620. The predicted octanol–water partition coefficient (Wildman–Crippen LogP) is 3.03. The number of carbonyl (C=O) groups is 1. The van der Waals surface area contributed by atoms with E-state index in [-0.39, 0.29) is 18.6 Å². The second-order valence-corrected chi connectivity index (χ2v) is 3.94. The van der Waals surface area contributed by atoms with Gasteiger partial charge in [0.15, 0.2) is 0 Å². The highest BCUT2D eigenvalue weighted by Crippen LogP contribution is 2.18. The molecule has 0 aliphatic rings. The number of carbonyl (C=O) groups excluding carboxylic acids is 1. The Morgan fingerprint density at radius 2 is 2.00 bits per heavy atom. The fourth-order valence-electron chi connectivity index (χ4n) is 1.08. The second kappa shape index (κ2) is 6.36. The van der Waals surface area contributed by atoms with Crippen LogP contribution in [0.5, 0.6) is 0 Å². The van der Waals surface area contributed by atoms with Crippen molar-refractivity contribution >= 4 is 21.9 Å². The SMILES string of the molecule is CCOC(=O)CC#Cc1c(F)cc(Br)cc1F. The summed E-state index contributed by atoms with van der Waals surface area (Å²) in [6.45, 7) is 1.92. The average molecular weight is 303 g/mol. The second-order valence-electron chi connectivity index (χ2n) is 3.03.